The molecule has 8 heteroatoms. The van der Waals surface area contributed by atoms with Crippen LogP contribution in [0.15, 0.2) is 70.8 Å². The molecule has 0 atom stereocenters. The van der Waals surface area contributed by atoms with Gasteiger partial charge in [0.25, 0.3) is 10.0 Å². The Labute approximate surface area is 158 Å². The second-order valence-corrected chi connectivity index (χ2v) is 7.55. The number of aryl methyl sites for hydroxylation is 2. The van der Waals surface area contributed by atoms with Gasteiger partial charge in [-0.15, -0.1) is 0 Å². The third-order valence-electron chi connectivity index (χ3n) is 3.82. The first-order chi connectivity index (χ1) is 12.9. The van der Waals surface area contributed by atoms with E-state index in [0.29, 0.717) is 5.69 Å². The van der Waals surface area contributed by atoms with E-state index in [-0.39, 0.29) is 10.8 Å². The van der Waals surface area contributed by atoms with E-state index in [4.69, 9.17) is 0 Å². The maximum absolute atomic E-state index is 12.5. The Balaban J connectivity index is 1.68. The standard InChI is InChI=1S/C19H19N5O2S/c1-14-12-20-19(22-15(14)2)24-27(25,26)18-10-8-17(9-11-18)23-21-13-16-6-4-3-5-7-16/h3-13,23H,1-2H3,(H,20,22,24)/b21-13+. The number of nitrogens with one attached hydrogen (secondary N) is 2. The molecule has 2 aromatic carbocycles. The molecule has 0 saturated heterocycles. The van der Waals surface area contributed by atoms with Crippen molar-refractivity contribution in [1.29, 1.82) is 0 Å². The van der Waals surface area contributed by atoms with E-state index in [1.807, 2.05) is 37.3 Å². The largest absolute Gasteiger partial charge is 0.279 e. The Hall–Kier alpha value is -3.26. The lowest BCUT2D eigenvalue weighted by molar-refractivity contribution is 0.601. The van der Waals surface area contributed by atoms with Gasteiger partial charge >= 0.3 is 0 Å². The van der Waals surface area contributed by atoms with Crippen LogP contribution in [-0.4, -0.2) is 24.6 Å². The molecule has 3 aromatic rings. The first-order valence-electron chi connectivity index (χ1n) is 8.21. The maximum atomic E-state index is 12.5. The molecule has 0 aliphatic carbocycles. The molecule has 1 heterocycles. The number of sulfonamides is 1. The minimum atomic E-state index is -3.76. The van der Waals surface area contributed by atoms with Gasteiger partial charge in [0.15, 0.2) is 0 Å². The Morgan fingerprint density at radius 1 is 1.00 bits per heavy atom. The Bertz CT molecular complexity index is 1050. The van der Waals surface area contributed by atoms with Crippen molar-refractivity contribution < 1.29 is 8.42 Å². The third-order valence-corrected chi connectivity index (χ3v) is 5.17. The second-order valence-electron chi connectivity index (χ2n) is 5.87. The summed E-state index contributed by atoms with van der Waals surface area (Å²) < 4.78 is 27.3. The van der Waals surface area contributed by atoms with Gasteiger partial charge in [-0.05, 0) is 49.2 Å². The van der Waals surface area contributed by atoms with Gasteiger partial charge in [-0.1, -0.05) is 30.3 Å². The van der Waals surface area contributed by atoms with E-state index in [0.717, 1.165) is 16.8 Å². The van der Waals surface area contributed by atoms with Crippen LogP contribution in [0.5, 0.6) is 0 Å². The molecule has 0 bridgehead atoms. The van der Waals surface area contributed by atoms with Gasteiger partial charge in [0.2, 0.25) is 5.95 Å². The SMILES string of the molecule is Cc1cnc(NS(=O)(=O)c2ccc(N/N=C/c3ccccc3)cc2)nc1C. The molecule has 0 amide bonds. The highest BCUT2D eigenvalue weighted by atomic mass is 32.2. The molecule has 0 unspecified atom stereocenters. The van der Waals surface area contributed by atoms with Gasteiger partial charge in [0.1, 0.15) is 0 Å². The molecule has 7 nitrogen and oxygen atoms in total. The van der Waals surface area contributed by atoms with E-state index in [1.54, 1.807) is 31.5 Å². The van der Waals surface area contributed by atoms with Gasteiger partial charge in [-0.25, -0.2) is 23.1 Å². The lowest BCUT2D eigenvalue weighted by atomic mass is 10.2. The summed E-state index contributed by atoms with van der Waals surface area (Å²) in [5.41, 5.74) is 6.11. The van der Waals surface area contributed by atoms with E-state index in [1.165, 1.54) is 12.1 Å². The van der Waals surface area contributed by atoms with Crippen LogP contribution < -0.4 is 10.1 Å². The summed E-state index contributed by atoms with van der Waals surface area (Å²) in [6.07, 6.45) is 3.27. The summed E-state index contributed by atoms with van der Waals surface area (Å²) in [4.78, 5) is 8.25. The fraction of sp³-hybridized carbons (Fsp3) is 0.105. The highest BCUT2D eigenvalue weighted by molar-refractivity contribution is 7.92. The lowest BCUT2D eigenvalue weighted by Crippen LogP contribution is -2.15. The average molecular weight is 381 g/mol. The highest BCUT2D eigenvalue weighted by Gasteiger charge is 2.15. The van der Waals surface area contributed by atoms with Gasteiger partial charge in [0, 0.05) is 11.9 Å². The molecule has 0 spiro atoms. The van der Waals surface area contributed by atoms with Crippen LogP contribution in [0.1, 0.15) is 16.8 Å². The molecule has 0 aliphatic heterocycles. The number of hydrazone groups is 1. The minimum Gasteiger partial charge on any atom is -0.279 e. The molecule has 2 N–H and O–H groups in total. The van der Waals surface area contributed by atoms with Crippen molar-refractivity contribution in [2.75, 3.05) is 10.1 Å². The van der Waals surface area contributed by atoms with E-state index < -0.39 is 10.0 Å². The number of aromatic nitrogens is 2. The number of anilines is 2. The summed E-state index contributed by atoms with van der Waals surface area (Å²) in [7, 11) is -3.76. The fourth-order valence-corrected chi connectivity index (χ4v) is 3.14. The lowest BCUT2D eigenvalue weighted by Gasteiger charge is -2.08. The van der Waals surface area contributed by atoms with E-state index in [2.05, 4.69) is 25.2 Å². The van der Waals surface area contributed by atoms with Gasteiger partial charge in [-0.3, -0.25) is 5.43 Å². The third kappa shape index (κ3) is 4.89. The van der Waals surface area contributed by atoms with E-state index in [9.17, 15) is 8.42 Å². The van der Waals surface area contributed by atoms with Crippen LogP contribution in [0, 0.1) is 13.8 Å². The normalized spacial score (nSPS) is 11.5. The van der Waals surface area contributed by atoms with Crippen molar-refractivity contribution in [3.63, 3.8) is 0 Å². The second kappa shape index (κ2) is 7.96. The quantitative estimate of drug-likeness (QED) is 0.504. The van der Waals surface area contributed by atoms with Gasteiger partial charge in [0.05, 0.1) is 16.8 Å². The summed E-state index contributed by atoms with van der Waals surface area (Å²) in [5.74, 6) is 0.0489. The molecular weight excluding hydrogens is 362 g/mol. The fourth-order valence-electron chi connectivity index (χ4n) is 2.18. The molecule has 0 aliphatic rings. The molecule has 0 radical (unpaired) electrons. The van der Waals surface area contributed by atoms with Crippen LogP contribution in [0.25, 0.3) is 0 Å². The maximum Gasteiger partial charge on any atom is 0.264 e. The molecule has 0 fully saturated rings. The molecule has 138 valence electrons. The molecule has 0 saturated carbocycles. The number of rotatable bonds is 6. The number of hydrogen-bond acceptors (Lipinski definition) is 6. The van der Waals surface area contributed by atoms with Crippen molar-refractivity contribution in [2.45, 2.75) is 18.7 Å². The first kappa shape index (κ1) is 18.5. The van der Waals surface area contributed by atoms with Crippen molar-refractivity contribution >= 4 is 27.9 Å². The van der Waals surface area contributed by atoms with Crippen LogP contribution in [0.4, 0.5) is 11.6 Å². The molecule has 1 aromatic heterocycles. The van der Waals surface area contributed by atoms with Crippen LogP contribution in [0.2, 0.25) is 0 Å². The minimum absolute atomic E-state index is 0.0489. The van der Waals surface area contributed by atoms with Crippen molar-refractivity contribution in [1.82, 2.24) is 9.97 Å². The molecular formula is C19H19N5O2S. The summed E-state index contributed by atoms with van der Waals surface area (Å²) in [6.45, 7) is 3.66. The topological polar surface area (TPSA) is 96.3 Å². The smallest absolute Gasteiger partial charge is 0.264 e. The predicted octanol–water partition coefficient (Wildman–Crippen LogP) is 3.34. The Morgan fingerprint density at radius 2 is 1.70 bits per heavy atom. The molecule has 27 heavy (non-hydrogen) atoms. The summed E-state index contributed by atoms with van der Waals surface area (Å²) >= 11 is 0. The van der Waals surface area contributed by atoms with Crippen molar-refractivity contribution in [3.8, 4) is 0 Å². The zero-order valence-corrected chi connectivity index (χ0v) is 15.7. The van der Waals surface area contributed by atoms with Crippen LogP contribution in [0.3, 0.4) is 0 Å². The summed E-state index contributed by atoms with van der Waals surface area (Å²) in [5, 5.41) is 4.13. The van der Waals surface area contributed by atoms with Crippen molar-refractivity contribution in [2.24, 2.45) is 5.10 Å². The number of benzene rings is 2. The first-order valence-corrected chi connectivity index (χ1v) is 9.69. The van der Waals surface area contributed by atoms with Crippen molar-refractivity contribution in [3.05, 3.63) is 77.6 Å². The van der Waals surface area contributed by atoms with Crippen LogP contribution >= 0.6 is 0 Å². The van der Waals surface area contributed by atoms with Gasteiger partial charge in [-0.2, -0.15) is 5.10 Å². The monoisotopic (exact) mass is 381 g/mol. The highest BCUT2D eigenvalue weighted by Crippen LogP contribution is 2.17. The number of nitrogens with zero attached hydrogens (tertiary/aromatic N) is 3. The Morgan fingerprint density at radius 3 is 2.37 bits per heavy atom. The van der Waals surface area contributed by atoms with E-state index >= 15 is 0 Å². The summed E-state index contributed by atoms with van der Waals surface area (Å²) in [6, 6.07) is 15.9. The van der Waals surface area contributed by atoms with Gasteiger partial charge < -0.3 is 0 Å². The zero-order chi connectivity index (χ0) is 19.3. The predicted molar refractivity (Wildman–Crippen MR) is 106 cm³/mol. The average Bonchev–Trinajstić information content (AvgIpc) is 2.66. The Kier molecular flexibility index (Phi) is 5.46. The molecule has 3 rings (SSSR count). The zero-order valence-electron chi connectivity index (χ0n) is 14.9. The van der Waals surface area contributed by atoms with Crippen LogP contribution in [-0.2, 0) is 10.0 Å². The number of hydrogen-bond donors (Lipinski definition) is 2.